The van der Waals surface area contributed by atoms with E-state index < -0.39 is 0 Å². The molecule has 1 aromatic carbocycles. The summed E-state index contributed by atoms with van der Waals surface area (Å²) in [7, 11) is 1.92. The highest BCUT2D eigenvalue weighted by Crippen LogP contribution is 2.41. The van der Waals surface area contributed by atoms with E-state index >= 15 is 0 Å². The van der Waals surface area contributed by atoms with Gasteiger partial charge in [-0.2, -0.15) is 10.2 Å². The molecule has 3 aliphatic rings. The molecule has 10 heteroatoms. The van der Waals surface area contributed by atoms with Crippen molar-refractivity contribution < 1.29 is 19.0 Å². The Hall–Kier alpha value is -3.35. The molecule has 3 fully saturated rings. The van der Waals surface area contributed by atoms with Gasteiger partial charge in [-0.05, 0) is 31.9 Å². The Labute approximate surface area is 213 Å². The smallest absolute Gasteiger partial charge is 0.410 e. The fourth-order valence-corrected chi connectivity index (χ4v) is 5.49. The van der Waals surface area contributed by atoms with Gasteiger partial charge in [0.15, 0.2) is 0 Å². The molecule has 6 rings (SSSR count). The zero-order valence-electron chi connectivity index (χ0n) is 20.1. The standard InChI is InChI=1S/C26H26ClN5O4/c1-26(5-6-26)36-25(33)32-9-16-12-34-13-17(10-32)23(16)35-24-22-21(29-14-30-24)19(11-31(22)2)18-4-3-15(8-28)7-20(18)27/h3-4,7,11,14,16-17,23H,5-6,9-10,12-13H2,1-2H3. The summed E-state index contributed by atoms with van der Waals surface area (Å²) in [4.78, 5) is 23.6. The van der Waals surface area contributed by atoms with E-state index in [0.29, 0.717) is 48.3 Å². The molecule has 186 valence electrons. The van der Waals surface area contributed by atoms with Crippen molar-refractivity contribution in [2.75, 3.05) is 26.3 Å². The van der Waals surface area contributed by atoms with Gasteiger partial charge in [0.05, 0.1) is 24.8 Å². The molecule has 1 aliphatic carbocycles. The first-order valence-electron chi connectivity index (χ1n) is 12.1. The highest BCUT2D eigenvalue weighted by molar-refractivity contribution is 6.33. The summed E-state index contributed by atoms with van der Waals surface area (Å²) in [6.45, 7) is 4.03. The zero-order chi connectivity index (χ0) is 25.0. The minimum absolute atomic E-state index is 0.00906. The quantitative estimate of drug-likeness (QED) is 0.522. The summed E-state index contributed by atoms with van der Waals surface area (Å²) >= 11 is 6.50. The number of piperidine rings is 1. The van der Waals surface area contributed by atoms with E-state index in [1.54, 1.807) is 17.0 Å². The maximum atomic E-state index is 12.7. The minimum atomic E-state index is -0.301. The number of amides is 1. The number of aryl methyl sites for hydroxylation is 1. The second-order valence-electron chi connectivity index (χ2n) is 10.2. The first-order chi connectivity index (χ1) is 17.3. The van der Waals surface area contributed by atoms with E-state index in [1.165, 1.54) is 6.33 Å². The third-order valence-electron chi connectivity index (χ3n) is 7.40. The summed E-state index contributed by atoms with van der Waals surface area (Å²) < 4.78 is 20.0. The lowest BCUT2D eigenvalue weighted by Crippen LogP contribution is -2.59. The third kappa shape index (κ3) is 4.04. The Kier molecular flexibility index (Phi) is 5.54. The number of hydrogen-bond acceptors (Lipinski definition) is 7. The van der Waals surface area contributed by atoms with E-state index in [4.69, 9.17) is 25.8 Å². The van der Waals surface area contributed by atoms with E-state index in [9.17, 15) is 10.1 Å². The Balaban J connectivity index is 1.28. The molecule has 2 aromatic heterocycles. The van der Waals surface area contributed by atoms with Crippen molar-refractivity contribution in [3.63, 3.8) is 0 Å². The molecule has 1 amide bonds. The highest BCUT2D eigenvalue weighted by atomic mass is 35.5. The normalized spacial score (nSPS) is 24.3. The van der Waals surface area contributed by atoms with Crippen LogP contribution in [-0.4, -0.2) is 63.5 Å². The Morgan fingerprint density at radius 3 is 2.64 bits per heavy atom. The molecule has 2 atom stereocenters. The van der Waals surface area contributed by atoms with Crippen molar-refractivity contribution in [3.8, 4) is 23.1 Å². The number of fused-ring (bicyclic) bond motifs is 3. The van der Waals surface area contributed by atoms with Gasteiger partial charge in [0, 0.05) is 54.3 Å². The lowest BCUT2D eigenvalue weighted by atomic mass is 9.84. The number of ether oxygens (including phenoxy) is 3. The van der Waals surface area contributed by atoms with Gasteiger partial charge in [0.2, 0.25) is 5.88 Å². The number of rotatable bonds is 4. The van der Waals surface area contributed by atoms with Crippen molar-refractivity contribution in [2.45, 2.75) is 31.5 Å². The Bertz CT molecular complexity index is 1380. The van der Waals surface area contributed by atoms with Crippen LogP contribution in [0.1, 0.15) is 25.3 Å². The van der Waals surface area contributed by atoms with Gasteiger partial charge < -0.3 is 23.7 Å². The van der Waals surface area contributed by atoms with Gasteiger partial charge in [-0.15, -0.1) is 0 Å². The molecule has 0 radical (unpaired) electrons. The number of likely N-dealkylation sites (tertiary alicyclic amines) is 1. The molecule has 36 heavy (non-hydrogen) atoms. The second kappa shape index (κ2) is 8.64. The molecule has 2 bridgehead atoms. The topological polar surface area (TPSA) is 103 Å². The summed E-state index contributed by atoms with van der Waals surface area (Å²) in [5.41, 5.74) is 3.30. The fraction of sp³-hybridized carbons (Fsp3) is 0.462. The van der Waals surface area contributed by atoms with Crippen molar-refractivity contribution in [2.24, 2.45) is 18.9 Å². The molecular formula is C26H26ClN5O4. The number of hydrogen-bond donors (Lipinski definition) is 0. The van der Waals surface area contributed by atoms with Crippen LogP contribution in [0.15, 0.2) is 30.7 Å². The lowest BCUT2D eigenvalue weighted by Gasteiger charge is -2.46. The number of nitrogens with zero attached hydrogens (tertiary/aromatic N) is 5. The second-order valence-corrected chi connectivity index (χ2v) is 10.6. The van der Waals surface area contributed by atoms with Crippen molar-refractivity contribution in [1.82, 2.24) is 19.4 Å². The molecule has 0 spiro atoms. The predicted octanol–water partition coefficient (Wildman–Crippen LogP) is 4.18. The van der Waals surface area contributed by atoms with Crippen molar-refractivity contribution in [3.05, 3.63) is 41.3 Å². The van der Waals surface area contributed by atoms with Crippen LogP contribution in [0.2, 0.25) is 5.02 Å². The van der Waals surface area contributed by atoms with Crippen LogP contribution in [0, 0.1) is 23.2 Å². The summed E-state index contributed by atoms with van der Waals surface area (Å²) in [6, 6.07) is 7.33. The zero-order valence-corrected chi connectivity index (χ0v) is 20.9. The lowest BCUT2D eigenvalue weighted by molar-refractivity contribution is -0.111. The Morgan fingerprint density at radius 2 is 1.97 bits per heavy atom. The van der Waals surface area contributed by atoms with Crippen LogP contribution >= 0.6 is 11.6 Å². The van der Waals surface area contributed by atoms with Gasteiger partial charge in [0.1, 0.15) is 29.1 Å². The van der Waals surface area contributed by atoms with Crippen LogP contribution in [0.4, 0.5) is 4.79 Å². The van der Waals surface area contributed by atoms with E-state index in [2.05, 4.69) is 16.0 Å². The molecule has 2 saturated heterocycles. The van der Waals surface area contributed by atoms with Gasteiger partial charge in [0.25, 0.3) is 0 Å². The van der Waals surface area contributed by atoms with Crippen LogP contribution in [-0.2, 0) is 16.5 Å². The van der Waals surface area contributed by atoms with Crippen LogP contribution in [0.3, 0.4) is 0 Å². The van der Waals surface area contributed by atoms with E-state index in [0.717, 1.165) is 29.5 Å². The summed E-state index contributed by atoms with van der Waals surface area (Å²) in [5, 5.41) is 9.65. The van der Waals surface area contributed by atoms with Crippen molar-refractivity contribution >= 4 is 28.7 Å². The Morgan fingerprint density at radius 1 is 1.22 bits per heavy atom. The van der Waals surface area contributed by atoms with Crippen LogP contribution in [0.5, 0.6) is 5.88 Å². The maximum absolute atomic E-state index is 12.7. The number of halogens is 1. The summed E-state index contributed by atoms with van der Waals surface area (Å²) in [6.07, 6.45) is 4.89. The molecule has 1 saturated carbocycles. The minimum Gasteiger partial charge on any atom is -0.472 e. The van der Waals surface area contributed by atoms with Gasteiger partial charge in [-0.1, -0.05) is 17.7 Å². The summed E-state index contributed by atoms with van der Waals surface area (Å²) in [5.74, 6) is 0.506. The van der Waals surface area contributed by atoms with Gasteiger partial charge in [-0.25, -0.2) is 9.78 Å². The average Bonchev–Trinajstić information content (AvgIpc) is 3.48. The van der Waals surface area contributed by atoms with Gasteiger partial charge >= 0.3 is 6.09 Å². The predicted molar refractivity (Wildman–Crippen MR) is 132 cm³/mol. The molecule has 3 aromatic rings. The number of carbonyl (C=O) groups excluding carboxylic acids is 1. The molecule has 9 nitrogen and oxygen atoms in total. The third-order valence-corrected chi connectivity index (χ3v) is 7.72. The fourth-order valence-electron chi connectivity index (χ4n) is 5.21. The first kappa shape index (κ1) is 23.1. The maximum Gasteiger partial charge on any atom is 0.410 e. The van der Waals surface area contributed by atoms with Crippen LogP contribution in [0.25, 0.3) is 22.2 Å². The van der Waals surface area contributed by atoms with Gasteiger partial charge in [-0.3, -0.25) is 0 Å². The molecular weight excluding hydrogens is 482 g/mol. The average molecular weight is 508 g/mol. The molecule has 4 heterocycles. The van der Waals surface area contributed by atoms with E-state index in [1.807, 2.05) is 30.8 Å². The molecule has 0 N–H and O–H groups in total. The molecule has 2 aliphatic heterocycles. The number of benzene rings is 1. The van der Waals surface area contributed by atoms with Crippen molar-refractivity contribution in [1.29, 1.82) is 5.26 Å². The monoisotopic (exact) mass is 507 g/mol. The largest absolute Gasteiger partial charge is 0.472 e. The van der Waals surface area contributed by atoms with E-state index in [-0.39, 0.29) is 29.6 Å². The first-order valence-corrected chi connectivity index (χ1v) is 12.5. The number of carbonyl (C=O) groups is 1. The highest BCUT2D eigenvalue weighted by Gasteiger charge is 2.47. The number of aromatic nitrogens is 3. The SMILES string of the molecule is Cn1cc(-c2ccc(C#N)cc2Cl)c2ncnc(OC3C4COCC3CN(C(=O)OC3(C)CC3)C4)c21. The van der Waals surface area contributed by atoms with Crippen LogP contribution < -0.4 is 4.74 Å². The molecule has 2 unspecified atom stereocenters. The number of nitriles is 1.